The molecule has 1 aliphatic heterocycles. The highest BCUT2D eigenvalue weighted by Gasteiger charge is 2.38. The fraction of sp³-hybridized carbons (Fsp3) is 0.650. The van der Waals surface area contributed by atoms with E-state index in [-0.39, 0.29) is 28.6 Å². The van der Waals surface area contributed by atoms with Crippen molar-refractivity contribution in [2.75, 3.05) is 18.0 Å². The zero-order chi connectivity index (χ0) is 18.8. The molecule has 1 saturated heterocycles. The van der Waals surface area contributed by atoms with E-state index in [4.69, 9.17) is 0 Å². The molecule has 1 heterocycles. The molecular weight excluding hydrogens is 330 g/mol. The quantitative estimate of drug-likeness (QED) is 0.539. The Kier molecular flexibility index (Phi) is 5.49. The molecule has 0 aromatic heterocycles. The van der Waals surface area contributed by atoms with Crippen LogP contribution in [0.5, 0.6) is 0 Å². The van der Waals surface area contributed by atoms with Gasteiger partial charge in [-0.15, -0.1) is 0 Å². The Morgan fingerprint density at radius 1 is 1.31 bits per heavy atom. The van der Waals surface area contributed by atoms with Gasteiger partial charge in [0.1, 0.15) is 5.69 Å². The van der Waals surface area contributed by atoms with Crippen LogP contribution in [-0.4, -0.2) is 40.9 Å². The number of benzene rings is 1. The standard InChI is InChI=1S/C20H29N3O3/c1-4-14(2)15(3)22(17-8-9-17)20(24)16-7-10-18(19(13-16)23(25)26)21-11-5-6-12-21/h7,10,13-15,17H,4-6,8-9,11-12H2,1-3H3. The molecule has 26 heavy (non-hydrogen) atoms. The second kappa shape index (κ2) is 7.64. The van der Waals surface area contributed by atoms with Crippen molar-refractivity contribution < 1.29 is 9.72 Å². The molecule has 2 fully saturated rings. The van der Waals surface area contributed by atoms with Gasteiger partial charge in [0.2, 0.25) is 0 Å². The van der Waals surface area contributed by atoms with Crippen molar-refractivity contribution in [2.24, 2.45) is 5.92 Å². The summed E-state index contributed by atoms with van der Waals surface area (Å²) in [5.74, 6) is 0.329. The zero-order valence-corrected chi connectivity index (χ0v) is 16.0. The first-order valence-electron chi connectivity index (χ1n) is 9.80. The maximum Gasteiger partial charge on any atom is 0.293 e. The Hall–Kier alpha value is -2.11. The maximum absolute atomic E-state index is 13.2. The number of amides is 1. The number of anilines is 1. The minimum Gasteiger partial charge on any atom is -0.366 e. The van der Waals surface area contributed by atoms with Crippen LogP contribution in [0.2, 0.25) is 0 Å². The molecule has 0 spiro atoms. The first-order valence-corrected chi connectivity index (χ1v) is 9.80. The Morgan fingerprint density at radius 3 is 2.50 bits per heavy atom. The molecule has 1 amide bonds. The summed E-state index contributed by atoms with van der Waals surface area (Å²) in [6, 6.07) is 5.42. The maximum atomic E-state index is 13.2. The number of carbonyl (C=O) groups is 1. The van der Waals surface area contributed by atoms with Crippen molar-refractivity contribution >= 4 is 17.3 Å². The predicted molar refractivity (Wildman–Crippen MR) is 103 cm³/mol. The Morgan fingerprint density at radius 2 is 1.96 bits per heavy atom. The van der Waals surface area contributed by atoms with Crippen LogP contribution in [0, 0.1) is 16.0 Å². The molecule has 6 heteroatoms. The van der Waals surface area contributed by atoms with E-state index in [1.54, 1.807) is 12.1 Å². The largest absolute Gasteiger partial charge is 0.366 e. The van der Waals surface area contributed by atoms with Gasteiger partial charge >= 0.3 is 0 Å². The molecule has 1 aromatic rings. The minimum absolute atomic E-state index is 0.0460. The van der Waals surface area contributed by atoms with Gasteiger partial charge in [0.25, 0.3) is 11.6 Å². The van der Waals surface area contributed by atoms with Crippen molar-refractivity contribution in [2.45, 2.75) is 65.0 Å². The number of carbonyl (C=O) groups excluding carboxylic acids is 1. The fourth-order valence-electron chi connectivity index (χ4n) is 3.83. The van der Waals surface area contributed by atoms with E-state index in [0.29, 0.717) is 17.2 Å². The third-order valence-electron chi connectivity index (χ3n) is 5.95. The molecule has 0 N–H and O–H groups in total. The predicted octanol–water partition coefficient (Wildman–Crippen LogP) is 4.23. The topological polar surface area (TPSA) is 66.7 Å². The number of nitro benzene ring substituents is 1. The second-order valence-corrected chi connectivity index (χ2v) is 7.72. The van der Waals surface area contributed by atoms with E-state index in [0.717, 1.165) is 45.2 Å². The highest BCUT2D eigenvalue weighted by Crippen LogP contribution is 2.35. The molecule has 3 rings (SSSR count). The minimum atomic E-state index is -0.357. The summed E-state index contributed by atoms with van der Waals surface area (Å²) < 4.78 is 0. The van der Waals surface area contributed by atoms with Gasteiger partial charge in [-0.2, -0.15) is 0 Å². The van der Waals surface area contributed by atoms with E-state index in [1.807, 2.05) is 9.80 Å². The van der Waals surface area contributed by atoms with Crippen molar-refractivity contribution in [3.8, 4) is 0 Å². The molecule has 6 nitrogen and oxygen atoms in total. The van der Waals surface area contributed by atoms with Crippen LogP contribution in [-0.2, 0) is 0 Å². The van der Waals surface area contributed by atoms with Crippen molar-refractivity contribution in [1.29, 1.82) is 0 Å². The van der Waals surface area contributed by atoms with Crippen LogP contribution in [0.1, 0.15) is 63.2 Å². The van der Waals surface area contributed by atoms with E-state index < -0.39 is 0 Å². The van der Waals surface area contributed by atoms with Crippen LogP contribution in [0.25, 0.3) is 0 Å². The third kappa shape index (κ3) is 3.69. The number of rotatable bonds is 7. The lowest BCUT2D eigenvalue weighted by Crippen LogP contribution is -2.43. The van der Waals surface area contributed by atoms with E-state index in [9.17, 15) is 14.9 Å². The molecular formula is C20H29N3O3. The molecule has 2 atom stereocenters. The molecule has 2 aliphatic rings. The Bertz CT molecular complexity index is 681. The van der Waals surface area contributed by atoms with Gasteiger partial charge in [0, 0.05) is 36.8 Å². The Balaban J connectivity index is 1.90. The van der Waals surface area contributed by atoms with Crippen molar-refractivity contribution in [1.82, 2.24) is 4.90 Å². The van der Waals surface area contributed by atoms with Crippen LogP contribution < -0.4 is 4.90 Å². The lowest BCUT2D eigenvalue weighted by molar-refractivity contribution is -0.384. The molecule has 2 unspecified atom stereocenters. The molecule has 1 aromatic carbocycles. The summed E-state index contributed by atoms with van der Waals surface area (Å²) in [6.45, 7) is 8.07. The Labute approximate surface area is 155 Å². The summed E-state index contributed by atoms with van der Waals surface area (Å²) in [5, 5.41) is 11.6. The molecule has 1 aliphatic carbocycles. The number of hydrogen-bond acceptors (Lipinski definition) is 4. The van der Waals surface area contributed by atoms with Gasteiger partial charge in [-0.05, 0) is 50.7 Å². The molecule has 142 valence electrons. The summed E-state index contributed by atoms with van der Waals surface area (Å²) >= 11 is 0. The van der Waals surface area contributed by atoms with Crippen LogP contribution in [0.15, 0.2) is 18.2 Å². The van der Waals surface area contributed by atoms with Crippen LogP contribution in [0.4, 0.5) is 11.4 Å². The van der Waals surface area contributed by atoms with Crippen molar-refractivity contribution in [3.05, 3.63) is 33.9 Å². The SMILES string of the molecule is CCC(C)C(C)N(C(=O)c1ccc(N2CCCC2)c([N+](=O)[O-])c1)C1CC1. The van der Waals surface area contributed by atoms with E-state index in [2.05, 4.69) is 20.8 Å². The van der Waals surface area contributed by atoms with Gasteiger partial charge < -0.3 is 9.80 Å². The molecule has 0 radical (unpaired) electrons. The first-order chi connectivity index (χ1) is 12.4. The van der Waals surface area contributed by atoms with Crippen LogP contribution >= 0.6 is 0 Å². The first kappa shape index (κ1) is 18.7. The lowest BCUT2D eigenvalue weighted by atomic mass is 9.98. The van der Waals surface area contributed by atoms with Gasteiger partial charge in [0.15, 0.2) is 0 Å². The smallest absolute Gasteiger partial charge is 0.293 e. The van der Waals surface area contributed by atoms with Crippen molar-refractivity contribution in [3.63, 3.8) is 0 Å². The summed E-state index contributed by atoms with van der Waals surface area (Å²) in [5.41, 5.74) is 1.11. The third-order valence-corrected chi connectivity index (χ3v) is 5.95. The van der Waals surface area contributed by atoms with Gasteiger partial charge in [0.05, 0.1) is 4.92 Å². The average molecular weight is 359 g/mol. The van der Waals surface area contributed by atoms with E-state index >= 15 is 0 Å². The summed E-state index contributed by atoms with van der Waals surface area (Å²) in [7, 11) is 0. The monoisotopic (exact) mass is 359 g/mol. The van der Waals surface area contributed by atoms with Gasteiger partial charge in [-0.1, -0.05) is 20.3 Å². The number of hydrogen-bond donors (Lipinski definition) is 0. The van der Waals surface area contributed by atoms with Crippen LogP contribution in [0.3, 0.4) is 0 Å². The fourth-order valence-corrected chi connectivity index (χ4v) is 3.83. The number of nitro groups is 1. The summed E-state index contributed by atoms with van der Waals surface area (Å²) in [6.07, 6.45) is 5.17. The van der Waals surface area contributed by atoms with Gasteiger partial charge in [-0.3, -0.25) is 14.9 Å². The van der Waals surface area contributed by atoms with Gasteiger partial charge in [-0.25, -0.2) is 0 Å². The number of nitrogens with zero attached hydrogens (tertiary/aromatic N) is 3. The second-order valence-electron chi connectivity index (χ2n) is 7.72. The highest BCUT2D eigenvalue weighted by molar-refractivity contribution is 5.96. The zero-order valence-electron chi connectivity index (χ0n) is 16.0. The average Bonchev–Trinajstić information content (AvgIpc) is 3.32. The molecule has 0 bridgehead atoms. The highest BCUT2D eigenvalue weighted by atomic mass is 16.6. The van der Waals surface area contributed by atoms with E-state index in [1.165, 1.54) is 6.07 Å². The summed E-state index contributed by atoms with van der Waals surface area (Å²) in [4.78, 5) is 28.4. The molecule has 1 saturated carbocycles. The lowest BCUT2D eigenvalue weighted by Gasteiger charge is -2.33. The normalized spacial score (nSPS) is 19.3.